The van der Waals surface area contributed by atoms with E-state index in [9.17, 15) is 4.79 Å². The van der Waals surface area contributed by atoms with Crippen LogP contribution in [0.15, 0.2) is 40.2 Å². The van der Waals surface area contributed by atoms with Gasteiger partial charge in [0.15, 0.2) is 0 Å². The molecular formula is C19H19N3O2S2. The molecule has 2 heterocycles. The summed E-state index contributed by atoms with van der Waals surface area (Å²) in [6, 6.07) is 10.1. The van der Waals surface area contributed by atoms with E-state index < -0.39 is 0 Å². The van der Waals surface area contributed by atoms with Crippen molar-refractivity contribution in [1.82, 2.24) is 10.1 Å². The maximum absolute atomic E-state index is 12.4. The minimum atomic E-state index is -0.208. The minimum absolute atomic E-state index is 0.00839. The first-order valence-corrected chi connectivity index (χ1v) is 10.5. The first kappa shape index (κ1) is 17.3. The van der Waals surface area contributed by atoms with E-state index in [2.05, 4.69) is 27.6 Å². The number of carbonyl (C=O) groups excluding carboxylic acids is 1. The first-order chi connectivity index (χ1) is 12.7. The summed E-state index contributed by atoms with van der Waals surface area (Å²) in [6.07, 6.45) is 3.46. The highest BCUT2D eigenvalue weighted by atomic mass is 32.2. The monoisotopic (exact) mass is 385 g/mol. The predicted octanol–water partition coefficient (Wildman–Crippen LogP) is 4.55. The van der Waals surface area contributed by atoms with Crippen molar-refractivity contribution in [3.05, 3.63) is 52.7 Å². The van der Waals surface area contributed by atoms with Gasteiger partial charge in [-0.1, -0.05) is 17.3 Å². The molecule has 0 saturated carbocycles. The molecule has 1 N–H and O–H groups in total. The summed E-state index contributed by atoms with van der Waals surface area (Å²) in [5.41, 5.74) is 3.64. The van der Waals surface area contributed by atoms with Crippen LogP contribution in [0.5, 0.6) is 0 Å². The third-order valence-corrected chi connectivity index (χ3v) is 6.40. The van der Waals surface area contributed by atoms with E-state index in [4.69, 9.17) is 4.52 Å². The minimum Gasteiger partial charge on any atom is -0.338 e. The molecule has 2 aromatic heterocycles. The van der Waals surface area contributed by atoms with E-state index in [0.717, 1.165) is 23.4 Å². The van der Waals surface area contributed by atoms with Gasteiger partial charge in [-0.2, -0.15) is 4.98 Å². The molecule has 1 unspecified atom stereocenters. The summed E-state index contributed by atoms with van der Waals surface area (Å²) >= 11 is 3.06. The number of benzene rings is 1. The molecule has 3 aromatic rings. The number of fused-ring (bicyclic) bond motifs is 1. The van der Waals surface area contributed by atoms with Crippen LogP contribution in [0, 0.1) is 0 Å². The lowest BCUT2D eigenvalue weighted by molar-refractivity contribution is -0.115. The highest BCUT2D eigenvalue weighted by molar-refractivity contribution is 7.99. The largest absolute Gasteiger partial charge is 0.338 e. The van der Waals surface area contributed by atoms with Gasteiger partial charge >= 0.3 is 0 Å². The van der Waals surface area contributed by atoms with Gasteiger partial charge in [0.05, 0.1) is 15.9 Å². The molecule has 1 atom stereocenters. The molecule has 0 saturated heterocycles. The Morgan fingerprint density at radius 1 is 1.35 bits per heavy atom. The van der Waals surface area contributed by atoms with Crippen LogP contribution in [0.1, 0.15) is 30.4 Å². The molecule has 0 aliphatic heterocycles. The van der Waals surface area contributed by atoms with Crippen LogP contribution in [-0.4, -0.2) is 21.3 Å². The van der Waals surface area contributed by atoms with Crippen molar-refractivity contribution >= 4 is 34.7 Å². The second-order valence-electron chi connectivity index (χ2n) is 6.27. The number of nitrogens with zero attached hydrogens (tertiary/aromatic N) is 2. The highest BCUT2D eigenvalue weighted by Crippen LogP contribution is 2.26. The summed E-state index contributed by atoms with van der Waals surface area (Å²) in [5.74, 6) is 1.64. The van der Waals surface area contributed by atoms with Crippen molar-refractivity contribution in [3.63, 3.8) is 0 Å². The molecule has 0 bridgehead atoms. The van der Waals surface area contributed by atoms with Crippen LogP contribution in [0.3, 0.4) is 0 Å². The molecule has 1 aliphatic carbocycles. The maximum atomic E-state index is 12.4. The van der Waals surface area contributed by atoms with Crippen LogP contribution >= 0.6 is 23.1 Å². The van der Waals surface area contributed by atoms with Crippen LogP contribution < -0.4 is 5.32 Å². The fourth-order valence-electron chi connectivity index (χ4n) is 2.98. The second-order valence-corrected chi connectivity index (χ2v) is 8.55. The number of hydrogen-bond donors (Lipinski definition) is 1. The Hall–Kier alpha value is -2.12. The van der Waals surface area contributed by atoms with E-state index in [1.807, 2.05) is 30.5 Å². The fraction of sp³-hybridized carbons (Fsp3) is 0.316. The number of rotatable bonds is 6. The van der Waals surface area contributed by atoms with Gasteiger partial charge in [-0.05, 0) is 60.9 Å². The Labute approximate surface area is 160 Å². The Balaban J connectivity index is 1.31. The lowest BCUT2D eigenvalue weighted by Crippen LogP contribution is -2.22. The smallest absolute Gasteiger partial charge is 0.237 e. The van der Waals surface area contributed by atoms with E-state index in [0.29, 0.717) is 17.5 Å². The predicted molar refractivity (Wildman–Crippen MR) is 105 cm³/mol. The third kappa shape index (κ3) is 3.83. The molecule has 5 nitrogen and oxygen atoms in total. The molecular weight excluding hydrogens is 366 g/mol. The van der Waals surface area contributed by atoms with E-state index in [1.165, 1.54) is 29.3 Å². The van der Waals surface area contributed by atoms with Gasteiger partial charge in [-0.25, -0.2) is 0 Å². The Bertz CT molecular complexity index is 905. The number of hydrogen-bond acceptors (Lipinski definition) is 6. The zero-order chi connectivity index (χ0) is 17.9. The van der Waals surface area contributed by atoms with Gasteiger partial charge < -0.3 is 9.84 Å². The SMILES string of the molecule is CC(SCc1nc(-c2cccs2)no1)C(=O)Nc1ccc2c(c1)CCC2. The fourth-order valence-corrected chi connectivity index (χ4v) is 4.35. The van der Waals surface area contributed by atoms with Crippen molar-refractivity contribution in [3.8, 4) is 10.7 Å². The summed E-state index contributed by atoms with van der Waals surface area (Å²) in [7, 11) is 0. The molecule has 0 spiro atoms. The molecule has 1 aromatic carbocycles. The Kier molecular flexibility index (Phi) is 5.08. The Morgan fingerprint density at radius 3 is 3.08 bits per heavy atom. The lowest BCUT2D eigenvalue weighted by Gasteiger charge is -2.12. The van der Waals surface area contributed by atoms with Crippen molar-refractivity contribution < 1.29 is 9.32 Å². The third-order valence-electron chi connectivity index (χ3n) is 4.40. The van der Waals surface area contributed by atoms with E-state index >= 15 is 0 Å². The van der Waals surface area contributed by atoms with Crippen LogP contribution in [0.4, 0.5) is 5.69 Å². The topological polar surface area (TPSA) is 68.0 Å². The first-order valence-electron chi connectivity index (χ1n) is 8.60. The number of aryl methyl sites for hydroxylation is 2. The summed E-state index contributed by atoms with van der Waals surface area (Å²) in [5, 5.41) is 8.77. The van der Waals surface area contributed by atoms with Crippen LogP contribution in [0.25, 0.3) is 10.7 Å². The molecule has 26 heavy (non-hydrogen) atoms. The van der Waals surface area contributed by atoms with Crippen molar-refractivity contribution in [2.75, 3.05) is 5.32 Å². The molecule has 4 rings (SSSR count). The average molecular weight is 386 g/mol. The van der Waals surface area contributed by atoms with Gasteiger partial charge in [0.1, 0.15) is 0 Å². The number of nitrogens with one attached hydrogen (secondary N) is 1. The molecule has 0 fully saturated rings. The number of thioether (sulfide) groups is 1. The molecule has 7 heteroatoms. The van der Waals surface area contributed by atoms with E-state index in [-0.39, 0.29) is 11.2 Å². The van der Waals surface area contributed by atoms with Crippen LogP contribution in [0.2, 0.25) is 0 Å². The van der Waals surface area contributed by atoms with Crippen molar-refractivity contribution in [2.45, 2.75) is 37.2 Å². The normalized spacial score (nSPS) is 14.2. The van der Waals surface area contributed by atoms with Gasteiger partial charge in [-0.15, -0.1) is 23.1 Å². The Morgan fingerprint density at radius 2 is 2.23 bits per heavy atom. The lowest BCUT2D eigenvalue weighted by atomic mass is 10.1. The zero-order valence-corrected chi connectivity index (χ0v) is 16.0. The van der Waals surface area contributed by atoms with Gasteiger partial charge in [0, 0.05) is 5.69 Å². The average Bonchev–Trinajstić information content (AvgIpc) is 3.39. The number of anilines is 1. The molecule has 1 amide bonds. The van der Waals surface area contributed by atoms with Crippen LogP contribution in [-0.2, 0) is 23.4 Å². The van der Waals surface area contributed by atoms with E-state index in [1.54, 1.807) is 11.3 Å². The van der Waals surface area contributed by atoms with Crippen molar-refractivity contribution in [2.24, 2.45) is 0 Å². The molecule has 134 valence electrons. The zero-order valence-electron chi connectivity index (χ0n) is 14.4. The second kappa shape index (κ2) is 7.63. The molecule has 1 aliphatic rings. The van der Waals surface area contributed by atoms with Gasteiger partial charge in [-0.3, -0.25) is 4.79 Å². The number of thiophene rings is 1. The van der Waals surface area contributed by atoms with Gasteiger partial charge in [0.25, 0.3) is 0 Å². The summed E-state index contributed by atoms with van der Waals surface area (Å²) in [6.45, 7) is 1.89. The molecule has 0 radical (unpaired) electrons. The standard InChI is InChI=1S/C19H19N3O2S2/c1-12(19(23)20-15-8-7-13-4-2-5-14(13)10-15)26-11-17-21-18(22-24-17)16-6-3-9-25-16/h3,6-10,12H,2,4-5,11H2,1H3,(H,20,23). The summed E-state index contributed by atoms with van der Waals surface area (Å²) < 4.78 is 5.28. The van der Waals surface area contributed by atoms with Gasteiger partial charge in [0.2, 0.25) is 17.6 Å². The maximum Gasteiger partial charge on any atom is 0.237 e. The highest BCUT2D eigenvalue weighted by Gasteiger charge is 2.18. The van der Waals surface area contributed by atoms with Crippen molar-refractivity contribution in [1.29, 1.82) is 0 Å². The quantitative estimate of drug-likeness (QED) is 0.674. The number of amides is 1. The number of carbonyl (C=O) groups is 1. The number of aromatic nitrogens is 2. The summed E-state index contributed by atoms with van der Waals surface area (Å²) in [4.78, 5) is 17.8.